The van der Waals surface area contributed by atoms with Crippen LogP contribution in [0.1, 0.15) is 16.1 Å². The highest BCUT2D eigenvalue weighted by Gasteiger charge is 2.15. The van der Waals surface area contributed by atoms with Crippen LogP contribution in [0, 0.1) is 6.92 Å². The van der Waals surface area contributed by atoms with Crippen LogP contribution in [0.3, 0.4) is 0 Å². The molecule has 0 aliphatic carbocycles. The molecule has 9 heteroatoms. The number of rotatable bonds is 7. The van der Waals surface area contributed by atoms with E-state index >= 15 is 0 Å². The summed E-state index contributed by atoms with van der Waals surface area (Å²) < 4.78 is 25.4. The van der Waals surface area contributed by atoms with Crippen molar-refractivity contribution in [2.24, 2.45) is 0 Å². The first-order valence-corrected chi connectivity index (χ1v) is 9.95. The van der Waals surface area contributed by atoms with Gasteiger partial charge in [-0.1, -0.05) is 23.9 Å². The van der Waals surface area contributed by atoms with Crippen molar-refractivity contribution >= 4 is 40.8 Å². The molecule has 0 radical (unpaired) electrons. The minimum absolute atomic E-state index is 0.203. The molecule has 30 heavy (non-hydrogen) atoms. The molecule has 0 spiro atoms. The van der Waals surface area contributed by atoms with E-state index in [1.807, 2.05) is 32.0 Å². The van der Waals surface area contributed by atoms with Gasteiger partial charge in [-0.3, -0.25) is 4.79 Å². The number of carbonyl (C=O) groups is 1. The number of anilines is 4. The normalized spacial score (nSPS) is 10.7. The second-order valence-corrected chi connectivity index (χ2v) is 7.65. The smallest absolute Gasteiger partial charge is 0.288 e. The Hall–Kier alpha value is -3.20. The lowest BCUT2D eigenvalue weighted by Crippen LogP contribution is -2.13. The fourth-order valence-corrected chi connectivity index (χ4v) is 3.29. The third kappa shape index (κ3) is 5.66. The van der Waals surface area contributed by atoms with Crippen molar-refractivity contribution in [3.05, 3.63) is 65.9 Å². The number of aromatic nitrogens is 2. The maximum absolute atomic E-state index is 12.7. The average molecular weight is 429 g/mol. The fraction of sp³-hybridized carbons (Fsp3) is 0.190. The zero-order valence-corrected chi connectivity index (χ0v) is 17.5. The SMILES string of the molecule is Cc1cc(N(C)C)nc(Nc2ccc(NC(=O)c3ccccc3SC(F)F)cc2)n1. The van der Waals surface area contributed by atoms with Crippen LogP contribution in [0.15, 0.2) is 59.5 Å². The monoisotopic (exact) mass is 429 g/mol. The predicted molar refractivity (Wildman–Crippen MR) is 117 cm³/mol. The zero-order chi connectivity index (χ0) is 21.7. The summed E-state index contributed by atoms with van der Waals surface area (Å²) in [5, 5.41) is 5.87. The Balaban J connectivity index is 1.70. The Labute approximate surface area is 177 Å². The molecule has 1 aromatic heterocycles. The number of aryl methyl sites for hydroxylation is 1. The number of amides is 1. The number of carbonyl (C=O) groups excluding carboxylic acids is 1. The van der Waals surface area contributed by atoms with Gasteiger partial charge in [0.2, 0.25) is 5.95 Å². The van der Waals surface area contributed by atoms with Crippen LogP contribution in [-0.2, 0) is 0 Å². The van der Waals surface area contributed by atoms with E-state index in [9.17, 15) is 13.6 Å². The summed E-state index contributed by atoms with van der Waals surface area (Å²) >= 11 is 0.350. The Morgan fingerprint density at radius 3 is 2.37 bits per heavy atom. The van der Waals surface area contributed by atoms with Crippen LogP contribution >= 0.6 is 11.8 Å². The topological polar surface area (TPSA) is 70.2 Å². The molecule has 6 nitrogen and oxygen atoms in total. The minimum Gasteiger partial charge on any atom is -0.363 e. The standard InChI is InChI=1S/C21H21F2N5OS/c1-13-12-18(28(2)3)27-21(24-13)26-15-10-8-14(9-11-15)25-19(29)16-6-4-5-7-17(16)30-20(22)23/h4-12,20H,1-3H3,(H,25,29)(H,24,26,27). The highest BCUT2D eigenvalue weighted by molar-refractivity contribution is 7.99. The molecule has 156 valence electrons. The van der Waals surface area contributed by atoms with Crippen molar-refractivity contribution in [1.29, 1.82) is 0 Å². The number of hydrogen-bond acceptors (Lipinski definition) is 6. The molecule has 3 aromatic rings. The Morgan fingerprint density at radius 1 is 1.03 bits per heavy atom. The van der Waals surface area contributed by atoms with Crippen LogP contribution in [0.5, 0.6) is 0 Å². The number of thioether (sulfide) groups is 1. The number of nitrogens with zero attached hydrogens (tertiary/aromatic N) is 3. The average Bonchev–Trinajstić information content (AvgIpc) is 2.69. The van der Waals surface area contributed by atoms with Gasteiger partial charge in [-0.05, 0) is 43.3 Å². The predicted octanol–water partition coefficient (Wildman–Crippen LogP) is 5.16. The molecule has 0 aliphatic rings. The number of nitrogens with one attached hydrogen (secondary N) is 2. The molecular weight excluding hydrogens is 408 g/mol. The van der Waals surface area contributed by atoms with Crippen molar-refractivity contribution < 1.29 is 13.6 Å². The van der Waals surface area contributed by atoms with Gasteiger partial charge in [0.15, 0.2) is 0 Å². The minimum atomic E-state index is -2.60. The van der Waals surface area contributed by atoms with Gasteiger partial charge in [0, 0.05) is 42.1 Å². The highest BCUT2D eigenvalue weighted by Crippen LogP contribution is 2.29. The second kappa shape index (κ2) is 9.53. The first kappa shape index (κ1) is 21.5. The molecule has 0 aliphatic heterocycles. The maximum Gasteiger partial charge on any atom is 0.288 e. The van der Waals surface area contributed by atoms with Gasteiger partial charge < -0.3 is 15.5 Å². The van der Waals surface area contributed by atoms with Crippen molar-refractivity contribution in [1.82, 2.24) is 9.97 Å². The maximum atomic E-state index is 12.7. The summed E-state index contributed by atoms with van der Waals surface area (Å²) in [6.07, 6.45) is 0. The summed E-state index contributed by atoms with van der Waals surface area (Å²) in [7, 11) is 3.81. The van der Waals surface area contributed by atoms with Gasteiger partial charge in [-0.15, -0.1) is 0 Å². The fourth-order valence-electron chi connectivity index (χ4n) is 2.65. The summed E-state index contributed by atoms with van der Waals surface area (Å²) in [6.45, 7) is 1.89. The van der Waals surface area contributed by atoms with Crippen molar-refractivity contribution in [3.8, 4) is 0 Å². The Bertz CT molecular complexity index is 1030. The van der Waals surface area contributed by atoms with Crippen molar-refractivity contribution in [2.75, 3.05) is 29.6 Å². The van der Waals surface area contributed by atoms with E-state index in [-0.39, 0.29) is 10.5 Å². The van der Waals surface area contributed by atoms with Gasteiger partial charge in [0.25, 0.3) is 11.7 Å². The van der Waals surface area contributed by atoms with Crippen molar-refractivity contribution in [3.63, 3.8) is 0 Å². The molecule has 0 unspecified atom stereocenters. The van der Waals surface area contributed by atoms with Gasteiger partial charge in [0.05, 0.1) is 5.56 Å². The summed E-state index contributed by atoms with van der Waals surface area (Å²) in [5.41, 5.74) is 2.33. The van der Waals surface area contributed by atoms with Crippen LogP contribution in [-0.4, -0.2) is 35.7 Å². The third-order valence-corrected chi connectivity index (χ3v) is 4.83. The quantitative estimate of drug-likeness (QED) is 0.506. The molecular formula is C21H21F2N5OS. The van der Waals surface area contributed by atoms with Gasteiger partial charge >= 0.3 is 0 Å². The molecule has 0 saturated carbocycles. The molecule has 2 N–H and O–H groups in total. The first-order valence-electron chi connectivity index (χ1n) is 9.07. The number of alkyl halides is 2. The van der Waals surface area contributed by atoms with Crippen molar-refractivity contribution in [2.45, 2.75) is 17.6 Å². The van der Waals surface area contributed by atoms with E-state index < -0.39 is 11.7 Å². The molecule has 1 heterocycles. The van der Waals surface area contributed by atoms with Crippen LogP contribution in [0.2, 0.25) is 0 Å². The van der Waals surface area contributed by atoms with Crippen LogP contribution in [0.4, 0.5) is 31.9 Å². The van der Waals surface area contributed by atoms with E-state index in [4.69, 9.17) is 0 Å². The molecule has 0 fully saturated rings. The lowest BCUT2D eigenvalue weighted by Gasteiger charge is -2.14. The summed E-state index contributed by atoms with van der Waals surface area (Å²) in [5.74, 6) is -1.79. The highest BCUT2D eigenvalue weighted by atomic mass is 32.2. The van der Waals surface area contributed by atoms with E-state index in [0.29, 0.717) is 23.4 Å². The van der Waals surface area contributed by atoms with Gasteiger partial charge in [0.1, 0.15) is 5.82 Å². The molecule has 0 atom stereocenters. The van der Waals surface area contributed by atoms with Crippen LogP contribution in [0.25, 0.3) is 0 Å². The van der Waals surface area contributed by atoms with E-state index in [0.717, 1.165) is 17.2 Å². The van der Waals surface area contributed by atoms with Crippen LogP contribution < -0.4 is 15.5 Å². The second-order valence-electron chi connectivity index (χ2n) is 6.62. The first-order chi connectivity index (χ1) is 14.3. The number of hydrogen-bond donors (Lipinski definition) is 2. The third-order valence-electron chi connectivity index (χ3n) is 4.05. The van der Waals surface area contributed by atoms with E-state index in [2.05, 4.69) is 20.6 Å². The van der Waals surface area contributed by atoms with Gasteiger partial charge in [-0.2, -0.15) is 13.8 Å². The summed E-state index contributed by atoms with van der Waals surface area (Å²) in [4.78, 5) is 23.5. The Morgan fingerprint density at radius 2 is 1.70 bits per heavy atom. The molecule has 1 amide bonds. The molecule has 0 saturated heterocycles. The molecule has 3 rings (SSSR count). The lowest BCUT2D eigenvalue weighted by molar-refractivity contribution is 0.102. The largest absolute Gasteiger partial charge is 0.363 e. The zero-order valence-electron chi connectivity index (χ0n) is 16.7. The lowest BCUT2D eigenvalue weighted by atomic mass is 10.2. The van der Waals surface area contributed by atoms with Gasteiger partial charge in [-0.25, -0.2) is 4.98 Å². The van der Waals surface area contributed by atoms with E-state index in [1.165, 1.54) is 12.1 Å². The number of halogens is 2. The van der Waals surface area contributed by atoms with E-state index in [1.54, 1.807) is 36.4 Å². The molecule has 2 aromatic carbocycles. The summed E-state index contributed by atoms with van der Waals surface area (Å²) in [6, 6.07) is 15.1. The Kier molecular flexibility index (Phi) is 6.83. The molecule has 0 bridgehead atoms. The number of benzene rings is 2.